The lowest BCUT2D eigenvalue weighted by Gasteiger charge is -2.36. The molecule has 108 valence electrons. The smallest absolute Gasteiger partial charge is 0.318 e. The molecule has 7 heteroatoms. The zero-order valence-electron chi connectivity index (χ0n) is 11.5. The van der Waals surface area contributed by atoms with Crippen molar-refractivity contribution in [3.63, 3.8) is 0 Å². The van der Waals surface area contributed by atoms with Crippen molar-refractivity contribution < 1.29 is 19.5 Å². The number of rotatable bonds is 3. The first kappa shape index (κ1) is 15.3. The number of amides is 3. The largest absolute Gasteiger partial charge is 0.481 e. The van der Waals surface area contributed by atoms with Gasteiger partial charge in [-0.1, -0.05) is 0 Å². The zero-order valence-corrected chi connectivity index (χ0v) is 11.5. The normalized spacial score (nSPS) is 22.8. The molecule has 0 spiro atoms. The summed E-state index contributed by atoms with van der Waals surface area (Å²) in [5, 5.41) is 11.5. The average molecular weight is 271 g/mol. The van der Waals surface area contributed by atoms with Crippen molar-refractivity contribution in [3.05, 3.63) is 0 Å². The van der Waals surface area contributed by atoms with Crippen LogP contribution in [0.3, 0.4) is 0 Å². The molecular formula is C12H21N3O4. The molecule has 2 N–H and O–H groups in total. The number of hydrogen-bond acceptors (Lipinski definition) is 3. The first-order valence-electron chi connectivity index (χ1n) is 6.30. The summed E-state index contributed by atoms with van der Waals surface area (Å²) >= 11 is 0. The quantitative estimate of drug-likeness (QED) is 0.754. The molecule has 0 bridgehead atoms. The van der Waals surface area contributed by atoms with E-state index in [0.29, 0.717) is 19.4 Å². The van der Waals surface area contributed by atoms with E-state index in [0.717, 1.165) is 0 Å². The second-order valence-electron chi connectivity index (χ2n) is 5.05. The topological polar surface area (TPSA) is 90.0 Å². The Balaban J connectivity index is 2.46. The summed E-state index contributed by atoms with van der Waals surface area (Å²) in [6.45, 7) is 2.18. The molecule has 19 heavy (non-hydrogen) atoms. The van der Waals surface area contributed by atoms with Crippen molar-refractivity contribution in [2.75, 3.05) is 27.2 Å². The Hall–Kier alpha value is -1.79. The number of piperidine rings is 1. The minimum absolute atomic E-state index is 0.0442. The molecule has 0 aromatic carbocycles. The second kappa shape index (κ2) is 6.40. The van der Waals surface area contributed by atoms with Crippen LogP contribution >= 0.6 is 0 Å². The Kier molecular flexibility index (Phi) is 5.14. The molecule has 1 saturated heterocycles. The Morgan fingerprint density at radius 1 is 1.37 bits per heavy atom. The molecule has 1 heterocycles. The molecule has 2 atom stereocenters. The van der Waals surface area contributed by atoms with Crippen LogP contribution < -0.4 is 5.32 Å². The predicted octanol–water partition coefficient (Wildman–Crippen LogP) is -0.0307. The van der Waals surface area contributed by atoms with Crippen LogP contribution in [-0.2, 0) is 9.59 Å². The van der Waals surface area contributed by atoms with Crippen LogP contribution in [0.15, 0.2) is 0 Å². The number of urea groups is 1. The van der Waals surface area contributed by atoms with Gasteiger partial charge < -0.3 is 20.2 Å². The molecule has 1 rings (SSSR count). The van der Waals surface area contributed by atoms with E-state index in [2.05, 4.69) is 5.32 Å². The van der Waals surface area contributed by atoms with E-state index in [1.165, 1.54) is 4.90 Å². The summed E-state index contributed by atoms with van der Waals surface area (Å²) in [6.07, 6.45) is 0.902. The summed E-state index contributed by atoms with van der Waals surface area (Å²) in [7, 11) is 3.24. The monoisotopic (exact) mass is 271 g/mol. The third-order valence-corrected chi connectivity index (χ3v) is 3.38. The van der Waals surface area contributed by atoms with Crippen LogP contribution in [0, 0.1) is 5.92 Å². The van der Waals surface area contributed by atoms with Crippen molar-refractivity contribution in [1.82, 2.24) is 15.1 Å². The van der Waals surface area contributed by atoms with Gasteiger partial charge in [0.1, 0.15) is 0 Å². The summed E-state index contributed by atoms with van der Waals surface area (Å²) in [6, 6.07) is -0.448. The minimum Gasteiger partial charge on any atom is -0.481 e. The van der Waals surface area contributed by atoms with Gasteiger partial charge in [-0.15, -0.1) is 0 Å². The first-order valence-corrected chi connectivity index (χ1v) is 6.30. The van der Waals surface area contributed by atoms with Gasteiger partial charge in [-0.3, -0.25) is 9.59 Å². The van der Waals surface area contributed by atoms with Gasteiger partial charge in [0.25, 0.3) is 0 Å². The molecule has 0 aromatic rings. The molecule has 1 fully saturated rings. The van der Waals surface area contributed by atoms with Gasteiger partial charge in [0.05, 0.1) is 12.5 Å². The highest BCUT2D eigenvalue weighted by Crippen LogP contribution is 2.22. The summed E-state index contributed by atoms with van der Waals surface area (Å²) < 4.78 is 0. The van der Waals surface area contributed by atoms with Gasteiger partial charge in [-0.2, -0.15) is 0 Å². The SMILES string of the molecule is CC1CC(C(=O)O)CCN1C(=O)NCC(=O)N(C)C. The summed E-state index contributed by atoms with van der Waals surface area (Å²) in [4.78, 5) is 37.2. The van der Waals surface area contributed by atoms with Crippen molar-refractivity contribution in [3.8, 4) is 0 Å². The fraction of sp³-hybridized carbons (Fsp3) is 0.750. The second-order valence-corrected chi connectivity index (χ2v) is 5.05. The number of aliphatic carboxylic acids is 1. The van der Waals surface area contributed by atoms with Gasteiger partial charge in [0.15, 0.2) is 0 Å². The lowest BCUT2D eigenvalue weighted by atomic mass is 9.92. The lowest BCUT2D eigenvalue weighted by Crippen LogP contribution is -2.51. The van der Waals surface area contributed by atoms with Crippen LogP contribution in [0.25, 0.3) is 0 Å². The molecule has 0 radical (unpaired) electrons. The average Bonchev–Trinajstić information content (AvgIpc) is 2.34. The van der Waals surface area contributed by atoms with E-state index in [1.807, 2.05) is 6.92 Å². The van der Waals surface area contributed by atoms with E-state index >= 15 is 0 Å². The van der Waals surface area contributed by atoms with Crippen LogP contribution in [0.2, 0.25) is 0 Å². The van der Waals surface area contributed by atoms with Gasteiger partial charge >= 0.3 is 12.0 Å². The number of hydrogen-bond donors (Lipinski definition) is 2. The third kappa shape index (κ3) is 4.11. The van der Waals surface area contributed by atoms with Crippen molar-refractivity contribution >= 4 is 17.9 Å². The fourth-order valence-electron chi connectivity index (χ4n) is 2.11. The number of carboxylic acids is 1. The van der Waals surface area contributed by atoms with Crippen LogP contribution in [0.5, 0.6) is 0 Å². The molecule has 3 amide bonds. The number of carbonyl (C=O) groups is 3. The van der Waals surface area contributed by atoms with E-state index in [4.69, 9.17) is 5.11 Å². The van der Waals surface area contributed by atoms with Crippen LogP contribution in [-0.4, -0.2) is 66.0 Å². The maximum atomic E-state index is 11.9. The molecule has 0 aliphatic carbocycles. The maximum absolute atomic E-state index is 11.9. The predicted molar refractivity (Wildman–Crippen MR) is 68.6 cm³/mol. The Morgan fingerprint density at radius 2 is 2.00 bits per heavy atom. The number of carbonyl (C=O) groups excluding carboxylic acids is 2. The van der Waals surface area contributed by atoms with E-state index in [-0.39, 0.29) is 30.4 Å². The van der Waals surface area contributed by atoms with Crippen molar-refractivity contribution in [2.45, 2.75) is 25.8 Å². The maximum Gasteiger partial charge on any atom is 0.318 e. The van der Waals surface area contributed by atoms with Crippen LogP contribution in [0.4, 0.5) is 4.79 Å². The number of carboxylic acid groups (broad SMARTS) is 1. The minimum atomic E-state index is -0.810. The standard InChI is InChI=1S/C12H21N3O4/c1-8-6-9(11(17)18)4-5-15(8)12(19)13-7-10(16)14(2)3/h8-9H,4-7H2,1-3H3,(H,13,19)(H,17,18). The van der Waals surface area contributed by atoms with E-state index < -0.39 is 5.97 Å². The number of likely N-dealkylation sites (N-methyl/N-ethyl adjacent to an activating group) is 1. The first-order chi connectivity index (χ1) is 8.82. The van der Waals surface area contributed by atoms with Crippen molar-refractivity contribution in [2.24, 2.45) is 5.92 Å². The molecule has 7 nitrogen and oxygen atoms in total. The van der Waals surface area contributed by atoms with Gasteiger partial charge in [-0.05, 0) is 19.8 Å². The summed E-state index contributed by atoms with van der Waals surface area (Å²) in [5.74, 6) is -1.38. The van der Waals surface area contributed by atoms with Gasteiger partial charge in [0, 0.05) is 26.7 Å². The highest BCUT2D eigenvalue weighted by Gasteiger charge is 2.32. The zero-order chi connectivity index (χ0) is 14.6. The van der Waals surface area contributed by atoms with Crippen molar-refractivity contribution in [1.29, 1.82) is 0 Å². The number of nitrogens with zero attached hydrogens (tertiary/aromatic N) is 2. The highest BCUT2D eigenvalue weighted by molar-refractivity contribution is 5.84. The van der Waals surface area contributed by atoms with Gasteiger partial charge in [-0.25, -0.2) is 4.79 Å². The Labute approximate surface area is 112 Å². The highest BCUT2D eigenvalue weighted by atomic mass is 16.4. The fourth-order valence-corrected chi connectivity index (χ4v) is 2.11. The third-order valence-electron chi connectivity index (χ3n) is 3.38. The lowest BCUT2D eigenvalue weighted by molar-refractivity contribution is -0.143. The van der Waals surface area contributed by atoms with E-state index in [9.17, 15) is 14.4 Å². The Bertz CT molecular complexity index is 370. The molecule has 0 saturated carbocycles. The molecule has 2 unspecified atom stereocenters. The van der Waals surface area contributed by atoms with Crippen LogP contribution in [0.1, 0.15) is 19.8 Å². The molecule has 1 aliphatic rings. The molecular weight excluding hydrogens is 250 g/mol. The molecule has 0 aromatic heterocycles. The van der Waals surface area contributed by atoms with Gasteiger partial charge in [0.2, 0.25) is 5.91 Å². The summed E-state index contributed by atoms with van der Waals surface area (Å²) in [5.41, 5.74) is 0. The number of likely N-dealkylation sites (tertiary alicyclic amines) is 1. The number of nitrogens with one attached hydrogen (secondary N) is 1. The Morgan fingerprint density at radius 3 is 2.47 bits per heavy atom. The van der Waals surface area contributed by atoms with E-state index in [1.54, 1.807) is 19.0 Å². The molecule has 1 aliphatic heterocycles.